The van der Waals surface area contributed by atoms with Gasteiger partial charge < -0.3 is 19.5 Å². The summed E-state index contributed by atoms with van der Waals surface area (Å²) in [4.78, 5) is 37.4. The number of esters is 3. The van der Waals surface area contributed by atoms with Crippen LogP contribution in [0.3, 0.4) is 0 Å². The van der Waals surface area contributed by atoms with Crippen molar-refractivity contribution in [2.24, 2.45) is 46.3 Å². The van der Waals surface area contributed by atoms with Gasteiger partial charge in [-0.15, -0.1) is 0 Å². The average Bonchev–Trinajstić information content (AvgIpc) is 3.19. The topological polar surface area (TPSA) is 90.9 Å². The molecule has 12 atom stereocenters. The summed E-state index contributed by atoms with van der Waals surface area (Å²) in [5.74, 6) is 1.46. The van der Waals surface area contributed by atoms with Crippen LogP contribution in [0.25, 0.3) is 0 Å². The monoisotopic (exact) mass is 531 g/mol. The Morgan fingerprint density at radius 1 is 1.03 bits per heavy atom. The second kappa shape index (κ2) is 10.4. The molecule has 5 fully saturated rings. The molecule has 0 bridgehead atoms. The van der Waals surface area contributed by atoms with Crippen molar-refractivity contribution in [3.63, 3.8) is 0 Å². The quantitative estimate of drug-likeness (QED) is 0.392. The molecule has 1 saturated heterocycles. The summed E-state index contributed by atoms with van der Waals surface area (Å²) in [6, 6.07) is 0.00665. The van der Waals surface area contributed by atoms with E-state index in [2.05, 4.69) is 33.0 Å². The molecule has 1 N–H and O–H groups in total. The molecule has 5 aliphatic rings. The van der Waals surface area contributed by atoms with Gasteiger partial charge in [0, 0.05) is 37.6 Å². The maximum Gasteiger partial charge on any atom is 0.306 e. The van der Waals surface area contributed by atoms with E-state index in [1.54, 1.807) is 0 Å². The standard InChI is InChI=1S/C31H49NO6/c1-7-14-32-28-27-26(23-10-9-22-17(2)8-11-25(35)38-29(28)31(22,23)6)24(37-19(4)34)16-20-15-21(36-18(3)33)12-13-30(20,27)5/h17,20-24,26-29,32H,7-16H2,1-6H3/t17-,20+,21-,22-,23+,24-,26-,27-,28-,29+,30+,31-/m1/s1. The second-order valence-corrected chi connectivity index (χ2v) is 13.8. The van der Waals surface area contributed by atoms with E-state index in [1.807, 2.05) is 0 Å². The largest absolute Gasteiger partial charge is 0.463 e. The van der Waals surface area contributed by atoms with Crippen LogP contribution in [-0.4, -0.2) is 48.8 Å². The molecule has 0 unspecified atom stereocenters. The normalized spacial score (nSPS) is 47.9. The Balaban J connectivity index is 1.62. The molecule has 7 heteroatoms. The Morgan fingerprint density at radius 3 is 2.42 bits per heavy atom. The minimum Gasteiger partial charge on any atom is -0.463 e. The summed E-state index contributed by atoms with van der Waals surface area (Å²) in [6.45, 7) is 13.2. The van der Waals surface area contributed by atoms with E-state index in [0.29, 0.717) is 24.2 Å². The molecular weight excluding hydrogens is 482 g/mol. The van der Waals surface area contributed by atoms with Gasteiger partial charge in [-0.2, -0.15) is 0 Å². The van der Waals surface area contributed by atoms with Crippen LogP contribution in [-0.2, 0) is 28.6 Å². The zero-order valence-electron chi connectivity index (χ0n) is 24.3. The molecule has 4 aliphatic carbocycles. The van der Waals surface area contributed by atoms with Crippen molar-refractivity contribution >= 4 is 17.9 Å². The van der Waals surface area contributed by atoms with Crippen LogP contribution in [0.1, 0.15) is 99.3 Å². The number of hydrogen-bond acceptors (Lipinski definition) is 7. The third-order valence-electron chi connectivity index (χ3n) is 11.8. The number of carbonyl (C=O) groups is 3. The van der Waals surface area contributed by atoms with Crippen LogP contribution < -0.4 is 5.32 Å². The lowest BCUT2D eigenvalue weighted by atomic mass is 9.41. The number of hydrogen-bond donors (Lipinski definition) is 1. The zero-order chi connectivity index (χ0) is 27.4. The molecule has 0 radical (unpaired) electrons. The summed E-state index contributed by atoms with van der Waals surface area (Å²) in [5.41, 5.74) is -0.179. The average molecular weight is 532 g/mol. The van der Waals surface area contributed by atoms with E-state index < -0.39 is 0 Å². The Morgan fingerprint density at radius 2 is 1.74 bits per heavy atom. The molecule has 214 valence electrons. The summed E-state index contributed by atoms with van der Waals surface area (Å²) in [5, 5.41) is 3.92. The van der Waals surface area contributed by atoms with Crippen molar-refractivity contribution in [3.05, 3.63) is 0 Å². The number of rotatable bonds is 5. The molecule has 0 aromatic carbocycles. The molecule has 1 heterocycles. The van der Waals surface area contributed by atoms with Gasteiger partial charge >= 0.3 is 17.9 Å². The third-order valence-corrected chi connectivity index (χ3v) is 11.8. The summed E-state index contributed by atoms with van der Waals surface area (Å²) >= 11 is 0. The van der Waals surface area contributed by atoms with Gasteiger partial charge in [0.1, 0.15) is 18.3 Å². The minimum atomic E-state index is -0.229. The highest BCUT2D eigenvalue weighted by Crippen LogP contribution is 2.69. The SMILES string of the molecule is CCCN[C@@H]1[C@H]2[C@@H]([C@H](OC(C)=O)C[C@@H]3C[C@H](OC(C)=O)CC[C@@]32C)[C@@H]2CC[C@@H]3[C@H](C)CCC(=O)O[C@@H]1[C@]32C. The van der Waals surface area contributed by atoms with Crippen molar-refractivity contribution < 1.29 is 28.6 Å². The van der Waals surface area contributed by atoms with Crippen molar-refractivity contribution in [2.45, 2.75) is 124 Å². The fraction of sp³-hybridized carbons (Fsp3) is 0.903. The molecular formula is C31H49NO6. The molecule has 7 nitrogen and oxygen atoms in total. The van der Waals surface area contributed by atoms with Gasteiger partial charge in [-0.1, -0.05) is 27.7 Å². The third kappa shape index (κ3) is 4.49. The first kappa shape index (κ1) is 27.9. The number of fused-ring (bicyclic) bond motifs is 4. The number of ether oxygens (including phenoxy) is 3. The van der Waals surface area contributed by atoms with E-state index in [9.17, 15) is 14.4 Å². The van der Waals surface area contributed by atoms with Crippen LogP contribution in [0.5, 0.6) is 0 Å². The Kier molecular flexibility index (Phi) is 7.64. The number of nitrogens with one attached hydrogen (secondary N) is 1. The zero-order valence-corrected chi connectivity index (χ0v) is 24.3. The van der Waals surface area contributed by atoms with Crippen LogP contribution in [0.4, 0.5) is 0 Å². The van der Waals surface area contributed by atoms with Crippen molar-refractivity contribution in [3.8, 4) is 0 Å². The summed E-state index contributed by atoms with van der Waals surface area (Å²) < 4.78 is 18.4. The maximum atomic E-state index is 13.1. The highest BCUT2D eigenvalue weighted by molar-refractivity contribution is 5.70. The fourth-order valence-corrected chi connectivity index (χ4v) is 10.4. The van der Waals surface area contributed by atoms with Gasteiger partial charge in [0.15, 0.2) is 0 Å². The first-order valence-corrected chi connectivity index (χ1v) is 15.3. The van der Waals surface area contributed by atoms with Gasteiger partial charge in [-0.25, -0.2) is 0 Å². The first-order chi connectivity index (χ1) is 18.0. The van der Waals surface area contributed by atoms with E-state index >= 15 is 0 Å². The molecule has 1 aliphatic heterocycles. The Hall–Kier alpha value is -1.63. The van der Waals surface area contributed by atoms with E-state index in [1.165, 1.54) is 13.8 Å². The molecule has 38 heavy (non-hydrogen) atoms. The van der Waals surface area contributed by atoms with Crippen molar-refractivity contribution in [1.82, 2.24) is 5.32 Å². The predicted octanol–water partition coefficient (Wildman–Crippen LogP) is 5.05. The highest BCUT2D eigenvalue weighted by Gasteiger charge is 2.71. The molecule has 0 spiro atoms. The predicted molar refractivity (Wildman–Crippen MR) is 143 cm³/mol. The van der Waals surface area contributed by atoms with Gasteiger partial charge in [0.2, 0.25) is 0 Å². The van der Waals surface area contributed by atoms with Crippen LogP contribution in [0, 0.1) is 46.3 Å². The molecule has 4 saturated carbocycles. The molecule has 5 rings (SSSR count). The maximum absolute atomic E-state index is 13.1. The van der Waals surface area contributed by atoms with Crippen molar-refractivity contribution in [1.29, 1.82) is 0 Å². The lowest BCUT2D eigenvalue weighted by Gasteiger charge is -2.67. The first-order valence-electron chi connectivity index (χ1n) is 15.3. The molecule has 0 aromatic heterocycles. The fourth-order valence-electron chi connectivity index (χ4n) is 10.4. The van der Waals surface area contributed by atoms with Crippen molar-refractivity contribution in [2.75, 3.05) is 6.54 Å². The smallest absolute Gasteiger partial charge is 0.306 e. The van der Waals surface area contributed by atoms with E-state index in [-0.39, 0.29) is 70.8 Å². The lowest BCUT2D eigenvalue weighted by Crippen LogP contribution is -2.72. The summed E-state index contributed by atoms with van der Waals surface area (Å²) in [6.07, 6.45) is 7.56. The number of carbonyl (C=O) groups excluding carboxylic acids is 3. The van der Waals surface area contributed by atoms with Gasteiger partial charge in [0.05, 0.1) is 0 Å². The molecule has 0 aromatic rings. The Bertz CT molecular complexity index is 937. The van der Waals surface area contributed by atoms with E-state index in [0.717, 1.165) is 57.9 Å². The van der Waals surface area contributed by atoms with Gasteiger partial charge in [0.25, 0.3) is 0 Å². The lowest BCUT2D eigenvalue weighted by molar-refractivity contribution is -0.238. The summed E-state index contributed by atoms with van der Waals surface area (Å²) in [7, 11) is 0. The van der Waals surface area contributed by atoms with Gasteiger partial charge in [-0.05, 0) is 92.9 Å². The Labute approximate surface area is 228 Å². The minimum absolute atomic E-state index is 0.00665. The molecule has 0 amide bonds. The van der Waals surface area contributed by atoms with Crippen LogP contribution in [0.2, 0.25) is 0 Å². The van der Waals surface area contributed by atoms with Crippen LogP contribution >= 0.6 is 0 Å². The van der Waals surface area contributed by atoms with E-state index in [4.69, 9.17) is 14.2 Å². The van der Waals surface area contributed by atoms with Gasteiger partial charge in [-0.3, -0.25) is 14.4 Å². The van der Waals surface area contributed by atoms with Crippen LogP contribution in [0.15, 0.2) is 0 Å². The second-order valence-electron chi connectivity index (χ2n) is 13.8. The highest BCUT2D eigenvalue weighted by atomic mass is 16.6.